The Hall–Kier alpha value is -0.520. The summed E-state index contributed by atoms with van der Waals surface area (Å²) >= 11 is 11.8. The van der Waals surface area contributed by atoms with E-state index in [1.165, 1.54) is 12.1 Å². The molecule has 0 saturated carbocycles. The number of nitrogens with one attached hydrogen (secondary N) is 1. The van der Waals surface area contributed by atoms with E-state index in [-0.39, 0.29) is 0 Å². The molecule has 1 aromatic rings. The Kier molecular flexibility index (Phi) is 5.49. The average Bonchev–Trinajstić information content (AvgIpc) is 2.29. The molecule has 0 spiro atoms. The summed E-state index contributed by atoms with van der Waals surface area (Å²) in [7, 11) is 1.77. The molecule has 0 saturated heterocycles. The Morgan fingerprint density at radius 2 is 1.94 bits per heavy atom. The quantitative estimate of drug-likeness (QED) is 0.617. The Balaban J connectivity index is 2.88. The molecule has 0 aromatic heterocycles. The second-order valence-corrected chi connectivity index (χ2v) is 4.61. The Labute approximate surface area is 110 Å². The van der Waals surface area contributed by atoms with Crippen molar-refractivity contribution in [3.8, 4) is 0 Å². The third kappa shape index (κ3) is 3.72. The van der Waals surface area contributed by atoms with Crippen LogP contribution in [0.15, 0.2) is 12.1 Å². The van der Waals surface area contributed by atoms with Gasteiger partial charge in [0, 0.05) is 10.6 Å². The molecule has 2 atom stereocenters. The highest BCUT2D eigenvalue weighted by Crippen LogP contribution is 2.32. The van der Waals surface area contributed by atoms with Crippen LogP contribution >= 0.6 is 23.2 Å². The summed E-state index contributed by atoms with van der Waals surface area (Å²) in [6.45, 7) is 0.596. The molecule has 2 unspecified atom stereocenters. The average molecular weight is 279 g/mol. The Morgan fingerprint density at radius 3 is 2.53 bits per heavy atom. The fourth-order valence-corrected chi connectivity index (χ4v) is 1.92. The molecule has 0 aliphatic rings. The van der Waals surface area contributed by atoms with Crippen LogP contribution in [0.2, 0.25) is 10.0 Å². The van der Waals surface area contributed by atoms with Gasteiger partial charge in [0.2, 0.25) is 0 Å². The topological polar surface area (TPSA) is 78.5 Å². The summed E-state index contributed by atoms with van der Waals surface area (Å²) in [6, 6.07) is 2.94. The molecule has 0 aliphatic carbocycles. The number of nitrogen functional groups attached to an aromatic ring is 1. The first-order valence-corrected chi connectivity index (χ1v) is 5.98. The van der Waals surface area contributed by atoms with Crippen molar-refractivity contribution >= 4 is 28.9 Å². The summed E-state index contributed by atoms with van der Waals surface area (Å²) in [6.07, 6.45) is -1.57. The van der Waals surface area contributed by atoms with Crippen LogP contribution in [0.25, 0.3) is 0 Å². The maximum Gasteiger partial charge on any atom is 0.106 e. The van der Waals surface area contributed by atoms with Gasteiger partial charge in [-0.15, -0.1) is 0 Å². The molecule has 0 aliphatic heterocycles. The van der Waals surface area contributed by atoms with Crippen LogP contribution in [0.4, 0.5) is 5.69 Å². The molecular weight excluding hydrogens is 263 g/mol. The first-order chi connectivity index (χ1) is 7.97. The molecule has 0 amide bonds. The first kappa shape index (κ1) is 14.5. The van der Waals surface area contributed by atoms with Gasteiger partial charge in [-0.25, -0.2) is 0 Å². The predicted octanol–water partition coefficient (Wildman–Crippen LogP) is 1.58. The van der Waals surface area contributed by atoms with Gasteiger partial charge in [-0.1, -0.05) is 23.2 Å². The highest BCUT2D eigenvalue weighted by atomic mass is 35.5. The molecule has 0 radical (unpaired) electrons. The number of aliphatic hydroxyl groups excluding tert-OH is 2. The summed E-state index contributed by atoms with van der Waals surface area (Å²) in [5.74, 6) is 0. The van der Waals surface area contributed by atoms with E-state index in [1.807, 2.05) is 0 Å². The van der Waals surface area contributed by atoms with Gasteiger partial charge in [-0.05, 0) is 32.1 Å². The fourth-order valence-electron chi connectivity index (χ4n) is 1.46. The van der Waals surface area contributed by atoms with Gasteiger partial charge in [0.05, 0.1) is 16.8 Å². The van der Waals surface area contributed by atoms with Crippen molar-refractivity contribution in [1.82, 2.24) is 5.32 Å². The number of hydrogen-bond donors (Lipinski definition) is 4. The molecule has 0 heterocycles. The molecule has 4 nitrogen and oxygen atoms in total. The van der Waals surface area contributed by atoms with Crippen molar-refractivity contribution in [1.29, 1.82) is 0 Å². The van der Waals surface area contributed by atoms with E-state index in [1.54, 1.807) is 7.05 Å². The Bertz CT molecular complexity index is 388. The third-order valence-electron chi connectivity index (χ3n) is 2.49. The van der Waals surface area contributed by atoms with Crippen molar-refractivity contribution in [2.45, 2.75) is 18.6 Å². The van der Waals surface area contributed by atoms with Gasteiger partial charge >= 0.3 is 0 Å². The fraction of sp³-hybridized carbons (Fsp3) is 0.455. The lowest BCUT2D eigenvalue weighted by atomic mass is 10.0. The zero-order valence-electron chi connectivity index (χ0n) is 9.45. The minimum absolute atomic E-state index is 0.294. The monoisotopic (exact) mass is 278 g/mol. The molecule has 0 fully saturated rings. The van der Waals surface area contributed by atoms with Crippen LogP contribution < -0.4 is 11.1 Å². The second kappa shape index (κ2) is 6.42. The molecule has 1 rings (SSSR count). The standard InChI is InChI=1S/C11H16Cl2N2O2/c1-15-3-2-10(16)11(17)6-4-8(13)9(14)5-7(6)12/h4-5,10-11,15-17H,2-3,14H2,1H3. The highest BCUT2D eigenvalue weighted by Gasteiger charge is 2.21. The summed E-state index contributed by atoms with van der Waals surface area (Å²) in [4.78, 5) is 0. The highest BCUT2D eigenvalue weighted by molar-refractivity contribution is 6.35. The summed E-state index contributed by atoms with van der Waals surface area (Å²) in [5, 5.41) is 23.2. The van der Waals surface area contributed by atoms with Crippen LogP contribution in [-0.4, -0.2) is 29.9 Å². The zero-order valence-corrected chi connectivity index (χ0v) is 11.0. The second-order valence-electron chi connectivity index (χ2n) is 3.80. The van der Waals surface area contributed by atoms with Gasteiger partial charge in [0.15, 0.2) is 0 Å². The molecule has 5 N–H and O–H groups in total. The smallest absolute Gasteiger partial charge is 0.106 e. The maximum absolute atomic E-state index is 9.95. The SMILES string of the molecule is CNCCC(O)C(O)c1cc(Cl)c(N)cc1Cl. The predicted molar refractivity (Wildman–Crippen MR) is 70.4 cm³/mol. The van der Waals surface area contributed by atoms with Crippen LogP contribution in [-0.2, 0) is 0 Å². The van der Waals surface area contributed by atoms with Gasteiger partial charge in [0.25, 0.3) is 0 Å². The molecule has 0 bridgehead atoms. The van der Waals surface area contributed by atoms with Crippen LogP contribution in [0.3, 0.4) is 0 Å². The van der Waals surface area contributed by atoms with Gasteiger partial charge in [-0.2, -0.15) is 0 Å². The Morgan fingerprint density at radius 1 is 1.29 bits per heavy atom. The van der Waals surface area contributed by atoms with Gasteiger partial charge < -0.3 is 21.3 Å². The number of halogens is 2. The lowest BCUT2D eigenvalue weighted by Gasteiger charge is -2.19. The molecule has 96 valence electrons. The molecular formula is C11H16Cl2N2O2. The van der Waals surface area contributed by atoms with Crippen LogP contribution in [0.5, 0.6) is 0 Å². The third-order valence-corrected chi connectivity index (χ3v) is 3.14. The van der Waals surface area contributed by atoms with E-state index in [2.05, 4.69) is 5.32 Å². The number of anilines is 1. The van der Waals surface area contributed by atoms with E-state index in [0.29, 0.717) is 34.3 Å². The van der Waals surface area contributed by atoms with Crippen molar-refractivity contribution < 1.29 is 10.2 Å². The number of aliphatic hydroxyl groups is 2. The minimum atomic E-state index is -1.08. The normalized spacial score (nSPS) is 14.6. The van der Waals surface area contributed by atoms with E-state index in [9.17, 15) is 10.2 Å². The van der Waals surface area contributed by atoms with Gasteiger partial charge in [0.1, 0.15) is 6.10 Å². The summed E-state index contributed by atoms with van der Waals surface area (Å²) in [5.41, 5.74) is 6.30. The lowest BCUT2D eigenvalue weighted by Crippen LogP contribution is -2.23. The molecule has 6 heteroatoms. The maximum atomic E-state index is 9.95. The number of hydrogen-bond acceptors (Lipinski definition) is 4. The van der Waals surface area contributed by atoms with E-state index < -0.39 is 12.2 Å². The minimum Gasteiger partial charge on any atom is -0.397 e. The van der Waals surface area contributed by atoms with Crippen molar-refractivity contribution in [3.63, 3.8) is 0 Å². The number of benzene rings is 1. The molecule has 17 heavy (non-hydrogen) atoms. The van der Waals surface area contributed by atoms with Gasteiger partial charge in [-0.3, -0.25) is 0 Å². The largest absolute Gasteiger partial charge is 0.397 e. The first-order valence-electron chi connectivity index (χ1n) is 5.22. The van der Waals surface area contributed by atoms with E-state index in [0.717, 1.165) is 0 Å². The van der Waals surface area contributed by atoms with Crippen molar-refractivity contribution in [3.05, 3.63) is 27.7 Å². The zero-order chi connectivity index (χ0) is 13.0. The summed E-state index contributed by atoms with van der Waals surface area (Å²) < 4.78 is 0. The molecule has 1 aromatic carbocycles. The lowest BCUT2D eigenvalue weighted by molar-refractivity contribution is 0.0141. The van der Waals surface area contributed by atoms with Crippen molar-refractivity contribution in [2.75, 3.05) is 19.3 Å². The number of nitrogens with two attached hydrogens (primary N) is 1. The van der Waals surface area contributed by atoms with E-state index >= 15 is 0 Å². The van der Waals surface area contributed by atoms with Crippen molar-refractivity contribution in [2.24, 2.45) is 0 Å². The number of rotatable bonds is 5. The van der Waals surface area contributed by atoms with Crippen LogP contribution in [0, 0.1) is 0 Å². The van der Waals surface area contributed by atoms with E-state index in [4.69, 9.17) is 28.9 Å². The van der Waals surface area contributed by atoms with Crippen LogP contribution in [0.1, 0.15) is 18.1 Å².